The molecule has 0 aromatic heterocycles. The summed E-state index contributed by atoms with van der Waals surface area (Å²) in [7, 11) is 0. The molecule has 0 radical (unpaired) electrons. The van der Waals surface area contributed by atoms with Crippen LogP contribution in [0.2, 0.25) is 0 Å². The molecule has 5 nitrogen and oxygen atoms in total. The summed E-state index contributed by atoms with van der Waals surface area (Å²) in [6, 6.07) is 0. The van der Waals surface area contributed by atoms with E-state index >= 15 is 0 Å². The molecule has 0 aromatic rings. The first kappa shape index (κ1) is 12.3. The minimum atomic E-state index is -0.877. The fourth-order valence-electron chi connectivity index (χ4n) is 1.88. The molecule has 2 fully saturated rings. The zero-order valence-corrected chi connectivity index (χ0v) is 10.0. The molecule has 0 bridgehead atoms. The molecule has 2 rings (SSSR count). The standard InChI is InChI=1S/C10H15ClO5/c1-10(2)15-6-5-14-9(13-4-3-11)7(12)8(6)16-10/h6,8-9H,3-5H2,1-2H3. The first-order valence-corrected chi connectivity index (χ1v) is 5.75. The van der Waals surface area contributed by atoms with E-state index in [-0.39, 0.29) is 18.5 Å². The van der Waals surface area contributed by atoms with Crippen molar-refractivity contribution in [1.29, 1.82) is 0 Å². The van der Waals surface area contributed by atoms with E-state index < -0.39 is 18.2 Å². The van der Waals surface area contributed by atoms with Crippen LogP contribution in [0.15, 0.2) is 0 Å². The third kappa shape index (κ3) is 2.38. The van der Waals surface area contributed by atoms with E-state index in [2.05, 4.69) is 0 Å². The number of fused-ring (bicyclic) bond motifs is 1. The Hall–Kier alpha value is -0.200. The van der Waals surface area contributed by atoms with Gasteiger partial charge in [0.05, 0.1) is 13.2 Å². The van der Waals surface area contributed by atoms with Gasteiger partial charge in [-0.05, 0) is 13.8 Å². The molecule has 6 heteroatoms. The number of hydrogen-bond donors (Lipinski definition) is 0. The molecule has 0 saturated carbocycles. The van der Waals surface area contributed by atoms with Crippen LogP contribution < -0.4 is 0 Å². The number of rotatable bonds is 3. The van der Waals surface area contributed by atoms with Gasteiger partial charge in [-0.25, -0.2) is 0 Å². The first-order chi connectivity index (χ1) is 7.53. The number of Topliss-reactive ketones (excluding diaryl/α,β-unsaturated/α-hetero) is 1. The topological polar surface area (TPSA) is 54.0 Å². The van der Waals surface area contributed by atoms with Crippen molar-refractivity contribution in [2.75, 3.05) is 19.1 Å². The molecule has 92 valence electrons. The van der Waals surface area contributed by atoms with Gasteiger partial charge in [0, 0.05) is 5.88 Å². The number of hydrogen-bond acceptors (Lipinski definition) is 5. The summed E-state index contributed by atoms with van der Waals surface area (Å²) < 4.78 is 21.5. The van der Waals surface area contributed by atoms with Gasteiger partial charge in [0.2, 0.25) is 12.1 Å². The summed E-state index contributed by atoms with van der Waals surface area (Å²) in [6.45, 7) is 4.12. The third-order valence-electron chi connectivity index (χ3n) is 2.45. The second kappa shape index (κ2) is 4.58. The van der Waals surface area contributed by atoms with E-state index in [0.29, 0.717) is 12.5 Å². The molecule has 16 heavy (non-hydrogen) atoms. The van der Waals surface area contributed by atoms with Crippen LogP contribution in [0.25, 0.3) is 0 Å². The second-order valence-electron chi connectivity index (χ2n) is 4.22. The van der Waals surface area contributed by atoms with Crippen molar-refractivity contribution >= 4 is 17.4 Å². The van der Waals surface area contributed by atoms with E-state index in [1.165, 1.54) is 0 Å². The number of carbonyl (C=O) groups is 1. The van der Waals surface area contributed by atoms with Crippen molar-refractivity contribution in [2.45, 2.75) is 38.1 Å². The Balaban J connectivity index is 1.99. The van der Waals surface area contributed by atoms with Gasteiger partial charge in [0.1, 0.15) is 6.10 Å². The number of ether oxygens (including phenoxy) is 4. The number of ketones is 1. The predicted molar refractivity (Wildman–Crippen MR) is 55.2 cm³/mol. The monoisotopic (exact) mass is 250 g/mol. The Labute approximate surface area is 98.9 Å². The van der Waals surface area contributed by atoms with Crippen molar-refractivity contribution in [1.82, 2.24) is 0 Å². The van der Waals surface area contributed by atoms with E-state index in [4.69, 9.17) is 30.5 Å². The maximum atomic E-state index is 11.9. The molecule has 0 aliphatic carbocycles. The van der Waals surface area contributed by atoms with Gasteiger partial charge >= 0.3 is 0 Å². The van der Waals surface area contributed by atoms with Crippen molar-refractivity contribution < 1.29 is 23.7 Å². The van der Waals surface area contributed by atoms with Crippen LogP contribution in [-0.4, -0.2) is 49.2 Å². The Morgan fingerprint density at radius 3 is 2.94 bits per heavy atom. The van der Waals surface area contributed by atoms with Crippen LogP contribution in [0.4, 0.5) is 0 Å². The van der Waals surface area contributed by atoms with E-state index in [1.807, 2.05) is 0 Å². The summed E-state index contributed by atoms with van der Waals surface area (Å²) >= 11 is 5.48. The molecule has 0 spiro atoms. The summed E-state index contributed by atoms with van der Waals surface area (Å²) in [5.74, 6) is -0.647. The van der Waals surface area contributed by atoms with Crippen molar-refractivity contribution in [3.63, 3.8) is 0 Å². The molecule has 3 atom stereocenters. The number of carbonyl (C=O) groups excluding carboxylic acids is 1. The average molecular weight is 251 g/mol. The maximum Gasteiger partial charge on any atom is 0.220 e. The smallest absolute Gasteiger partial charge is 0.220 e. The van der Waals surface area contributed by atoms with Gasteiger partial charge in [0.25, 0.3) is 0 Å². The van der Waals surface area contributed by atoms with Crippen molar-refractivity contribution in [3.05, 3.63) is 0 Å². The molecule has 2 aliphatic heterocycles. The molecule has 2 heterocycles. The normalized spacial score (nSPS) is 37.4. The Morgan fingerprint density at radius 2 is 2.25 bits per heavy atom. The van der Waals surface area contributed by atoms with Crippen LogP contribution in [-0.2, 0) is 23.7 Å². The highest BCUT2D eigenvalue weighted by molar-refractivity contribution is 6.18. The Kier molecular flexibility index (Phi) is 3.51. The summed E-state index contributed by atoms with van der Waals surface area (Å²) in [5, 5.41) is 0. The fourth-order valence-corrected chi connectivity index (χ4v) is 1.97. The Morgan fingerprint density at radius 1 is 1.50 bits per heavy atom. The molecular weight excluding hydrogens is 236 g/mol. The summed E-state index contributed by atoms with van der Waals surface area (Å²) in [4.78, 5) is 11.9. The maximum absolute atomic E-state index is 11.9. The molecule has 3 unspecified atom stereocenters. The first-order valence-electron chi connectivity index (χ1n) is 5.22. The Bertz CT molecular complexity index is 280. The van der Waals surface area contributed by atoms with Crippen LogP contribution in [0.1, 0.15) is 13.8 Å². The zero-order chi connectivity index (χ0) is 11.8. The average Bonchev–Trinajstić information content (AvgIpc) is 2.53. The second-order valence-corrected chi connectivity index (χ2v) is 4.60. The van der Waals surface area contributed by atoms with Crippen LogP contribution >= 0.6 is 11.6 Å². The van der Waals surface area contributed by atoms with Crippen molar-refractivity contribution in [2.24, 2.45) is 0 Å². The lowest BCUT2D eigenvalue weighted by Gasteiger charge is -2.27. The molecule has 0 amide bonds. The third-order valence-corrected chi connectivity index (χ3v) is 2.61. The van der Waals surface area contributed by atoms with Crippen LogP contribution in [0.5, 0.6) is 0 Å². The number of halogens is 1. The quantitative estimate of drug-likeness (QED) is 0.690. The highest BCUT2D eigenvalue weighted by Gasteiger charge is 2.50. The van der Waals surface area contributed by atoms with E-state index in [0.717, 1.165) is 0 Å². The van der Waals surface area contributed by atoms with Gasteiger partial charge in [0.15, 0.2) is 11.9 Å². The molecular formula is C10H15ClO5. The lowest BCUT2D eigenvalue weighted by molar-refractivity contribution is -0.196. The van der Waals surface area contributed by atoms with Gasteiger partial charge in [-0.15, -0.1) is 11.6 Å². The lowest BCUT2D eigenvalue weighted by atomic mass is 10.1. The highest BCUT2D eigenvalue weighted by Crippen LogP contribution is 2.32. The molecule has 2 saturated heterocycles. The molecule has 0 N–H and O–H groups in total. The van der Waals surface area contributed by atoms with Crippen LogP contribution in [0, 0.1) is 0 Å². The van der Waals surface area contributed by atoms with Crippen LogP contribution in [0.3, 0.4) is 0 Å². The van der Waals surface area contributed by atoms with Gasteiger partial charge in [-0.3, -0.25) is 4.79 Å². The van der Waals surface area contributed by atoms with Gasteiger partial charge in [-0.2, -0.15) is 0 Å². The molecule has 2 aliphatic rings. The van der Waals surface area contributed by atoms with Gasteiger partial charge in [-0.1, -0.05) is 0 Å². The lowest BCUT2D eigenvalue weighted by Crippen LogP contribution is -2.49. The summed E-state index contributed by atoms with van der Waals surface area (Å²) in [5.41, 5.74) is 0. The van der Waals surface area contributed by atoms with Crippen molar-refractivity contribution in [3.8, 4) is 0 Å². The largest absolute Gasteiger partial charge is 0.345 e. The van der Waals surface area contributed by atoms with E-state index in [9.17, 15) is 4.79 Å². The minimum Gasteiger partial charge on any atom is -0.345 e. The minimum absolute atomic E-state index is 0.230. The SMILES string of the molecule is CC1(C)OC2COC(OCCCl)C(=O)C2O1. The van der Waals surface area contributed by atoms with E-state index in [1.54, 1.807) is 13.8 Å². The molecule has 0 aromatic carbocycles. The summed E-state index contributed by atoms with van der Waals surface area (Å²) in [6.07, 6.45) is -1.81. The number of alkyl halides is 1. The fraction of sp³-hybridized carbons (Fsp3) is 0.900. The van der Waals surface area contributed by atoms with Gasteiger partial charge < -0.3 is 18.9 Å². The highest BCUT2D eigenvalue weighted by atomic mass is 35.5. The zero-order valence-electron chi connectivity index (χ0n) is 9.27. The predicted octanol–water partition coefficient (Wildman–Crippen LogP) is 0.687.